The van der Waals surface area contributed by atoms with E-state index in [2.05, 4.69) is 41.3 Å². The fourth-order valence-corrected chi connectivity index (χ4v) is 4.46. The lowest BCUT2D eigenvalue weighted by molar-refractivity contribution is 0.200. The zero-order chi connectivity index (χ0) is 18.2. The molecule has 0 bridgehead atoms. The van der Waals surface area contributed by atoms with Crippen molar-refractivity contribution in [2.45, 2.75) is 30.6 Å². The molecular formula is C22H29NO2S. The van der Waals surface area contributed by atoms with Crippen molar-refractivity contribution < 1.29 is 8.95 Å². The van der Waals surface area contributed by atoms with Crippen LogP contribution in [0.3, 0.4) is 0 Å². The molecular weight excluding hydrogens is 342 g/mol. The Labute approximate surface area is 159 Å². The molecule has 1 aliphatic rings. The molecule has 26 heavy (non-hydrogen) atoms. The lowest BCUT2D eigenvalue weighted by Crippen LogP contribution is -2.21. The van der Waals surface area contributed by atoms with E-state index in [1.807, 2.05) is 12.1 Å². The van der Waals surface area contributed by atoms with E-state index in [9.17, 15) is 4.21 Å². The van der Waals surface area contributed by atoms with Crippen molar-refractivity contribution in [2.24, 2.45) is 0 Å². The van der Waals surface area contributed by atoms with E-state index < -0.39 is 10.8 Å². The van der Waals surface area contributed by atoms with Crippen LogP contribution in [0.15, 0.2) is 53.4 Å². The molecule has 1 saturated heterocycles. The molecule has 1 atom stereocenters. The number of benzene rings is 2. The second kappa shape index (κ2) is 10.0. The van der Waals surface area contributed by atoms with E-state index in [1.165, 1.54) is 49.2 Å². The van der Waals surface area contributed by atoms with Crippen LogP contribution in [0.2, 0.25) is 0 Å². The van der Waals surface area contributed by atoms with E-state index in [0.717, 1.165) is 17.7 Å². The van der Waals surface area contributed by atoms with Gasteiger partial charge >= 0.3 is 0 Å². The van der Waals surface area contributed by atoms with Crippen LogP contribution in [0.1, 0.15) is 24.8 Å². The van der Waals surface area contributed by atoms with Gasteiger partial charge in [-0.3, -0.25) is 4.21 Å². The summed E-state index contributed by atoms with van der Waals surface area (Å²) in [6.45, 7) is 4.35. The highest BCUT2D eigenvalue weighted by Gasteiger charge is 2.11. The van der Waals surface area contributed by atoms with Gasteiger partial charge in [-0.05, 0) is 67.6 Å². The first-order valence-electron chi connectivity index (χ1n) is 9.55. The molecule has 0 saturated carbocycles. The number of hydrogen-bond donors (Lipinski definition) is 0. The summed E-state index contributed by atoms with van der Waals surface area (Å²) in [5.74, 6) is 0.652. The molecule has 0 aliphatic carbocycles. The van der Waals surface area contributed by atoms with Gasteiger partial charge < -0.3 is 9.64 Å². The SMILES string of the molecule is COCCCS(=O)c1ccc(-c2ccc(CCN3CCCC3)cc2)cc1. The third kappa shape index (κ3) is 5.50. The molecule has 2 aromatic rings. The standard InChI is InChI=1S/C22H29NO2S/c1-25-17-4-18-26(24)22-11-9-21(10-12-22)20-7-5-19(6-8-20)13-16-23-14-2-3-15-23/h5-12H,2-4,13-18H2,1H3. The maximum Gasteiger partial charge on any atom is 0.0530 e. The van der Waals surface area contributed by atoms with Gasteiger partial charge in [-0.15, -0.1) is 0 Å². The van der Waals surface area contributed by atoms with Crippen LogP contribution in [0.25, 0.3) is 11.1 Å². The molecule has 2 aromatic carbocycles. The lowest BCUT2D eigenvalue weighted by Gasteiger charge is -2.14. The maximum atomic E-state index is 12.2. The predicted molar refractivity (Wildman–Crippen MR) is 109 cm³/mol. The molecule has 4 heteroatoms. The van der Waals surface area contributed by atoms with E-state index in [-0.39, 0.29) is 0 Å². The summed E-state index contributed by atoms with van der Waals surface area (Å²) in [6.07, 6.45) is 4.65. The van der Waals surface area contributed by atoms with Gasteiger partial charge in [-0.1, -0.05) is 36.4 Å². The van der Waals surface area contributed by atoms with Crippen molar-refractivity contribution in [2.75, 3.05) is 39.1 Å². The molecule has 1 aliphatic heterocycles. The molecule has 3 rings (SSSR count). The van der Waals surface area contributed by atoms with Crippen LogP contribution in [0, 0.1) is 0 Å². The Bertz CT molecular complexity index is 691. The number of methoxy groups -OCH3 is 1. The summed E-state index contributed by atoms with van der Waals surface area (Å²) >= 11 is 0. The Hall–Kier alpha value is -1.49. The highest BCUT2D eigenvalue weighted by Crippen LogP contribution is 2.22. The Morgan fingerprint density at radius 2 is 1.58 bits per heavy atom. The van der Waals surface area contributed by atoms with Crippen molar-refractivity contribution in [1.82, 2.24) is 4.90 Å². The molecule has 0 spiro atoms. The average molecular weight is 372 g/mol. The van der Waals surface area contributed by atoms with Crippen molar-refractivity contribution in [1.29, 1.82) is 0 Å². The third-order valence-corrected chi connectivity index (χ3v) is 6.46. The van der Waals surface area contributed by atoms with Crippen molar-refractivity contribution in [3.05, 3.63) is 54.1 Å². The van der Waals surface area contributed by atoms with Gasteiger partial charge in [0.25, 0.3) is 0 Å². The molecule has 0 N–H and O–H groups in total. The Morgan fingerprint density at radius 3 is 2.19 bits per heavy atom. The first kappa shape index (κ1) is 19.3. The van der Waals surface area contributed by atoms with Crippen LogP contribution in [-0.2, 0) is 22.0 Å². The van der Waals surface area contributed by atoms with E-state index in [4.69, 9.17) is 4.74 Å². The van der Waals surface area contributed by atoms with E-state index >= 15 is 0 Å². The zero-order valence-electron chi connectivity index (χ0n) is 15.7. The fourth-order valence-electron chi connectivity index (χ4n) is 3.41. The summed E-state index contributed by atoms with van der Waals surface area (Å²) < 4.78 is 17.3. The lowest BCUT2D eigenvalue weighted by atomic mass is 10.0. The quantitative estimate of drug-likeness (QED) is 0.621. The fraction of sp³-hybridized carbons (Fsp3) is 0.455. The normalized spacial score (nSPS) is 16.0. The summed E-state index contributed by atoms with van der Waals surface area (Å²) in [7, 11) is 0.734. The molecule has 140 valence electrons. The third-order valence-electron chi connectivity index (χ3n) is 5.00. The van der Waals surface area contributed by atoms with Gasteiger partial charge in [0.05, 0.1) is 10.8 Å². The number of likely N-dealkylation sites (tertiary alicyclic amines) is 1. The predicted octanol–water partition coefficient (Wildman–Crippen LogP) is 4.14. The largest absolute Gasteiger partial charge is 0.385 e. The summed E-state index contributed by atoms with van der Waals surface area (Å²) in [5.41, 5.74) is 3.79. The zero-order valence-corrected chi connectivity index (χ0v) is 16.5. The Morgan fingerprint density at radius 1 is 0.962 bits per heavy atom. The van der Waals surface area contributed by atoms with Gasteiger partial charge in [0.2, 0.25) is 0 Å². The van der Waals surface area contributed by atoms with Crippen LogP contribution < -0.4 is 0 Å². The minimum absolute atomic E-state index is 0.652. The van der Waals surface area contributed by atoms with Crippen LogP contribution in [0.5, 0.6) is 0 Å². The second-order valence-electron chi connectivity index (χ2n) is 6.92. The van der Waals surface area contributed by atoms with Gasteiger partial charge in [-0.25, -0.2) is 0 Å². The molecule has 0 amide bonds. The summed E-state index contributed by atoms with van der Waals surface area (Å²) in [6, 6.07) is 17.0. The Balaban J connectivity index is 1.55. The monoisotopic (exact) mass is 371 g/mol. The summed E-state index contributed by atoms with van der Waals surface area (Å²) in [5, 5.41) is 0. The minimum atomic E-state index is -0.942. The number of ether oxygens (including phenoxy) is 1. The van der Waals surface area contributed by atoms with Gasteiger partial charge in [0.15, 0.2) is 0 Å². The van der Waals surface area contributed by atoms with Crippen molar-refractivity contribution in [3.8, 4) is 11.1 Å². The Kier molecular flexibility index (Phi) is 7.42. The minimum Gasteiger partial charge on any atom is -0.385 e. The first-order valence-corrected chi connectivity index (χ1v) is 10.9. The van der Waals surface area contributed by atoms with Gasteiger partial charge in [0.1, 0.15) is 0 Å². The van der Waals surface area contributed by atoms with Crippen molar-refractivity contribution in [3.63, 3.8) is 0 Å². The topological polar surface area (TPSA) is 29.5 Å². The smallest absolute Gasteiger partial charge is 0.0530 e. The van der Waals surface area contributed by atoms with Gasteiger partial charge in [0, 0.05) is 30.9 Å². The highest BCUT2D eigenvalue weighted by atomic mass is 32.2. The molecule has 0 radical (unpaired) electrons. The van der Waals surface area contributed by atoms with E-state index in [1.54, 1.807) is 7.11 Å². The maximum absolute atomic E-state index is 12.2. The van der Waals surface area contributed by atoms with Crippen LogP contribution in [-0.4, -0.2) is 48.2 Å². The molecule has 1 unspecified atom stereocenters. The molecule has 1 fully saturated rings. The van der Waals surface area contributed by atoms with Crippen LogP contribution in [0.4, 0.5) is 0 Å². The number of hydrogen-bond acceptors (Lipinski definition) is 3. The number of nitrogens with zero attached hydrogens (tertiary/aromatic N) is 1. The first-order chi connectivity index (χ1) is 12.8. The second-order valence-corrected chi connectivity index (χ2v) is 8.49. The van der Waals surface area contributed by atoms with Crippen LogP contribution >= 0.6 is 0 Å². The van der Waals surface area contributed by atoms with Gasteiger partial charge in [-0.2, -0.15) is 0 Å². The molecule has 3 nitrogen and oxygen atoms in total. The molecule has 1 heterocycles. The van der Waals surface area contributed by atoms with E-state index in [0.29, 0.717) is 12.4 Å². The number of rotatable bonds is 9. The summed E-state index contributed by atoms with van der Waals surface area (Å²) in [4.78, 5) is 3.45. The molecule has 0 aromatic heterocycles. The average Bonchev–Trinajstić information content (AvgIpc) is 3.21. The highest BCUT2D eigenvalue weighted by molar-refractivity contribution is 7.85. The van der Waals surface area contributed by atoms with Crippen molar-refractivity contribution >= 4 is 10.8 Å².